The molecule has 1 unspecified atom stereocenters. The second kappa shape index (κ2) is 6.16. The average Bonchev–Trinajstić information content (AvgIpc) is 3.00. The molecule has 0 spiro atoms. The lowest BCUT2D eigenvalue weighted by Crippen LogP contribution is -2.28. The fourth-order valence-electron chi connectivity index (χ4n) is 1.76. The fraction of sp³-hybridized carbons (Fsp3) is 0.333. The van der Waals surface area contributed by atoms with Crippen molar-refractivity contribution in [1.82, 2.24) is 5.43 Å². The van der Waals surface area contributed by atoms with E-state index in [1.807, 2.05) is 11.4 Å². The lowest BCUT2D eigenvalue weighted by atomic mass is 10.1. The van der Waals surface area contributed by atoms with Gasteiger partial charge in [0.25, 0.3) is 0 Å². The van der Waals surface area contributed by atoms with Crippen LogP contribution in [-0.4, -0.2) is 7.11 Å². The zero-order valence-corrected chi connectivity index (χ0v) is 11.3. The van der Waals surface area contributed by atoms with E-state index >= 15 is 0 Å². The number of methoxy groups -OCH3 is 1. The topological polar surface area (TPSA) is 47.3 Å². The van der Waals surface area contributed by atoms with Crippen molar-refractivity contribution in [2.24, 2.45) is 5.84 Å². The van der Waals surface area contributed by atoms with Gasteiger partial charge in [0.05, 0.1) is 18.0 Å². The quantitative estimate of drug-likeness (QED) is 0.625. The number of nitrogens with two attached hydrogens (primary N) is 1. The van der Waals surface area contributed by atoms with Gasteiger partial charge in [-0.3, -0.25) is 11.3 Å². The van der Waals surface area contributed by atoms with E-state index in [-0.39, 0.29) is 6.04 Å². The molecule has 0 aliphatic carbocycles. The van der Waals surface area contributed by atoms with Crippen molar-refractivity contribution in [3.63, 3.8) is 0 Å². The lowest BCUT2D eigenvalue weighted by molar-refractivity contribution is 0.401. The summed E-state index contributed by atoms with van der Waals surface area (Å²) in [5.41, 5.74) is 2.88. The van der Waals surface area contributed by atoms with Crippen LogP contribution in [-0.2, 0) is 6.42 Å². The molecule has 2 aromatic rings. The number of nitrogens with one attached hydrogen (secondary N) is 1. The Bertz CT molecular complexity index is 439. The number of hydrogen-bond acceptors (Lipinski definition) is 5. The van der Waals surface area contributed by atoms with Crippen LogP contribution in [0.3, 0.4) is 0 Å². The van der Waals surface area contributed by atoms with Crippen molar-refractivity contribution >= 4 is 22.7 Å². The smallest absolute Gasteiger partial charge is 0.134 e. The number of hydrogen-bond donors (Lipinski definition) is 2. The molecule has 17 heavy (non-hydrogen) atoms. The molecule has 2 aromatic heterocycles. The minimum Gasteiger partial charge on any atom is -0.496 e. The molecule has 0 amide bonds. The molecule has 0 saturated carbocycles. The highest BCUT2D eigenvalue weighted by atomic mass is 32.1. The molecule has 3 nitrogen and oxygen atoms in total. The Hall–Kier alpha value is -0.880. The molecular weight excluding hydrogens is 252 g/mol. The van der Waals surface area contributed by atoms with Gasteiger partial charge in [-0.05, 0) is 35.7 Å². The van der Waals surface area contributed by atoms with Gasteiger partial charge in [-0.1, -0.05) is 6.07 Å². The van der Waals surface area contributed by atoms with E-state index in [1.165, 1.54) is 9.75 Å². The first-order valence-electron chi connectivity index (χ1n) is 5.45. The predicted octanol–water partition coefficient (Wildman–Crippen LogP) is 2.96. The van der Waals surface area contributed by atoms with Crippen LogP contribution in [0.15, 0.2) is 29.0 Å². The fourth-order valence-corrected chi connectivity index (χ4v) is 3.44. The van der Waals surface area contributed by atoms with Gasteiger partial charge in [0, 0.05) is 4.88 Å². The maximum absolute atomic E-state index is 5.63. The summed E-state index contributed by atoms with van der Waals surface area (Å²) in [6, 6.07) is 6.38. The number of thiophene rings is 2. The normalized spacial score (nSPS) is 12.6. The van der Waals surface area contributed by atoms with Crippen molar-refractivity contribution in [2.45, 2.75) is 18.9 Å². The molecule has 0 bridgehead atoms. The third kappa shape index (κ3) is 3.07. The monoisotopic (exact) mass is 268 g/mol. The first kappa shape index (κ1) is 12.6. The Balaban J connectivity index is 2.01. The number of ether oxygens (including phenoxy) is 1. The van der Waals surface area contributed by atoms with E-state index in [1.54, 1.807) is 29.8 Å². The summed E-state index contributed by atoms with van der Waals surface area (Å²) in [5, 5.41) is 4.13. The van der Waals surface area contributed by atoms with Crippen molar-refractivity contribution < 1.29 is 4.74 Å². The second-order valence-corrected chi connectivity index (χ2v) is 5.67. The molecule has 1 atom stereocenters. The Morgan fingerprint density at radius 1 is 1.35 bits per heavy atom. The largest absolute Gasteiger partial charge is 0.496 e. The second-order valence-electron chi connectivity index (χ2n) is 3.69. The predicted molar refractivity (Wildman–Crippen MR) is 73.6 cm³/mol. The summed E-state index contributed by atoms with van der Waals surface area (Å²) in [6.07, 6.45) is 2.02. The van der Waals surface area contributed by atoms with Crippen LogP contribution in [0.2, 0.25) is 0 Å². The Kier molecular flexibility index (Phi) is 4.56. The molecule has 0 radical (unpaired) electrons. The first-order valence-corrected chi connectivity index (χ1v) is 7.21. The minimum absolute atomic E-state index is 0.159. The third-order valence-electron chi connectivity index (χ3n) is 2.65. The summed E-state index contributed by atoms with van der Waals surface area (Å²) >= 11 is 3.47. The van der Waals surface area contributed by atoms with Gasteiger partial charge in [-0.25, -0.2) is 0 Å². The van der Waals surface area contributed by atoms with Gasteiger partial charge < -0.3 is 4.74 Å². The van der Waals surface area contributed by atoms with Crippen LogP contribution in [0.4, 0.5) is 0 Å². The van der Waals surface area contributed by atoms with Crippen molar-refractivity contribution in [3.8, 4) is 5.75 Å². The van der Waals surface area contributed by atoms with Crippen LogP contribution in [0, 0.1) is 0 Å². The summed E-state index contributed by atoms with van der Waals surface area (Å²) in [7, 11) is 1.69. The summed E-state index contributed by atoms with van der Waals surface area (Å²) in [5.74, 6) is 6.55. The molecule has 0 aliphatic rings. The number of hydrazine groups is 1. The maximum Gasteiger partial charge on any atom is 0.134 e. The summed E-state index contributed by atoms with van der Waals surface area (Å²) in [6.45, 7) is 0. The molecule has 3 N–H and O–H groups in total. The molecule has 92 valence electrons. The Morgan fingerprint density at radius 2 is 2.24 bits per heavy atom. The standard InChI is InChI=1S/C12H16N2OS2/c1-15-11-6-8-17-12(11)10(14-13)5-4-9-3-2-7-16-9/h2-3,6-8,10,14H,4-5,13H2,1H3. The first-order chi connectivity index (χ1) is 8.35. The molecule has 0 aliphatic heterocycles. The molecule has 2 heterocycles. The van der Waals surface area contributed by atoms with E-state index in [4.69, 9.17) is 10.6 Å². The molecule has 0 saturated heterocycles. The van der Waals surface area contributed by atoms with Crippen LogP contribution in [0.5, 0.6) is 5.75 Å². The van der Waals surface area contributed by atoms with Crippen LogP contribution in [0.25, 0.3) is 0 Å². The SMILES string of the molecule is COc1ccsc1C(CCc1cccs1)NN. The van der Waals surface area contributed by atoms with E-state index in [0.717, 1.165) is 18.6 Å². The van der Waals surface area contributed by atoms with Gasteiger partial charge in [0.15, 0.2) is 0 Å². The van der Waals surface area contributed by atoms with Gasteiger partial charge in [0.2, 0.25) is 0 Å². The van der Waals surface area contributed by atoms with Crippen molar-refractivity contribution in [1.29, 1.82) is 0 Å². The van der Waals surface area contributed by atoms with Crippen molar-refractivity contribution in [3.05, 3.63) is 38.7 Å². The number of aryl methyl sites for hydroxylation is 1. The minimum atomic E-state index is 0.159. The third-order valence-corrected chi connectivity index (χ3v) is 4.60. The van der Waals surface area contributed by atoms with Crippen LogP contribution >= 0.6 is 22.7 Å². The molecule has 0 fully saturated rings. The highest BCUT2D eigenvalue weighted by molar-refractivity contribution is 7.10. The van der Waals surface area contributed by atoms with E-state index in [2.05, 4.69) is 22.9 Å². The Morgan fingerprint density at radius 3 is 2.88 bits per heavy atom. The molecular formula is C12H16N2OS2. The summed E-state index contributed by atoms with van der Waals surface area (Å²) in [4.78, 5) is 2.56. The zero-order valence-electron chi connectivity index (χ0n) is 9.68. The van der Waals surface area contributed by atoms with Crippen molar-refractivity contribution in [2.75, 3.05) is 7.11 Å². The van der Waals surface area contributed by atoms with E-state index in [9.17, 15) is 0 Å². The van der Waals surface area contributed by atoms with Gasteiger partial charge in [-0.2, -0.15) is 0 Å². The average molecular weight is 268 g/mol. The lowest BCUT2D eigenvalue weighted by Gasteiger charge is -2.15. The Labute approximate surface area is 109 Å². The van der Waals surface area contributed by atoms with Gasteiger partial charge in [0.1, 0.15) is 5.75 Å². The highest BCUT2D eigenvalue weighted by Crippen LogP contribution is 2.33. The van der Waals surface area contributed by atoms with E-state index in [0.29, 0.717) is 0 Å². The maximum atomic E-state index is 5.63. The van der Waals surface area contributed by atoms with Crippen LogP contribution in [0.1, 0.15) is 22.2 Å². The highest BCUT2D eigenvalue weighted by Gasteiger charge is 2.16. The van der Waals surface area contributed by atoms with Gasteiger partial charge in [-0.15, -0.1) is 22.7 Å². The zero-order chi connectivity index (χ0) is 12.1. The molecule has 5 heteroatoms. The molecule has 0 aromatic carbocycles. The van der Waals surface area contributed by atoms with Crippen LogP contribution < -0.4 is 16.0 Å². The number of rotatable bonds is 6. The molecule has 2 rings (SSSR count). The summed E-state index contributed by atoms with van der Waals surface area (Å²) < 4.78 is 5.32. The van der Waals surface area contributed by atoms with E-state index < -0.39 is 0 Å². The van der Waals surface area contributed by atoms with Gasteiger partial charge >= 0.3 is 0 Å².